The van der Waals surface area contributed by atoms with Gasteiger partial charge in [-0.25, -0.2) is 0 Å². The van der Waals surface area contributed by atoms with Crippen LogP contribution in [0.3, 0.4) is 0 Å². The first-order valence-electron chi connectivity index (χ1n) is 5.73. The van der Waals surface area contributed by atoms with Crippen molar-refractivity contribution in [3.8, 4) is 0 Å². The molecular weight excluding hydrogens is 314 g/mol. The van der Waals surface area contributed by atoms with E-state index in [-0.39, 0.29) is 5.97 Å². The van der Waals surface area contributed by atoms with E-state index in [1.165, 1.54) is 7.11 Å². The summed E-state index contributed by atoms with van der Waals surface area (Å²) in [5.41, 5.74) is -0.652. The number of rotatable bonds is 6. The summed E-state index contributed by atoms with van der Waals surface area (Å²) < 4.78 is 5.90. The second-order valence-corrected chi connectivity index (χ2v) is 6.06. The van der Waals surface area contributed by atoms with E-state index in [1.54, 1.807) is 11.8 Å². The van der Waals surface area contributed by atoms with E-state index in [4.69, 9.17) is 4.74 Å². The lowest BCUT2D eigenvalue weighted by molar-refractivity contribution is -0.146. The number of halogens is 1. The van der Waals surface area contributed by atoms with Crippen molar-refractivity contribution >= 4 is 33.7 Å². The summed E-state index contributed by atoms with van der Waals surface area (Å²) in [6.45, 7) is 4.58. The molecule has 0 aliphatic rings. The fraction of sp³-hybridized carbons (Fsp3) is 0.462. The van der Waals surface area contributed by atoms with Crippen molar-refractivity contribution in [3.63, 3.8) is 0 Å². The molecule has 0 fully saturated rings. The van der Waals surface area contributed by atoms with Gasteiger partial charge in [-0.15, -0.1) is 11.8 Å². The predicted molar refractivity (Wildman–Crippen MR) is 79.0 cm³/mol. The van der Waals surface area contributed by atoms with Gasteiger partial charge in [0.25, 0.3) is 0 Å². The van der Waals surface area contributed by atoms with E-state index in [0.29, 0.717) is 5.75 Å². The van der Waals surface area contributed by atoms with Crippen molar-refractivity contribution in [2.24, 2.45) is 0 Å². The first-order chi connectivity index (χ1) is 8.51. The highest BCUT2D eigenvalue weighted by Gasteiger charge is 2.33. The quantitative estimate of drug-likeness (QED) is 0.642. The Hall–Kier alpha value is -0.520. The van der Waals surface area contributed by atoms with Gasteiger partial charge in [0.2, 0.25) is 0 Å². The smallest absolute Gasteiger partial charge is 0.326 e. The zero-order valence-corrected chi connectivity index (χ0v) is 13.2. The second kappa shape index (κ2) is 7.16. The van der Waals surface area contributed by atoms with E-state index in [9.17, 15) is 4.79 Å². The van der Waals surface area contributed by atoms with Crippen molar-refractivity contribution in [2.75, 3.05) is 19.4 Å². The monoisotopic (exact) mass is 331 g/mol. The summed E-state index contributed by atoms with van der Waals surface area (Å²) in [6.07, 6.45) is 0. The van der Waals surface area contributed by atoms with Gasteiger partial charge in [0.05, 0.1) is 7.11 Å². The molecule has 0 heterocycles. The molecule has 5 heteroatoms. The molecule has 1 aromatic rings. The van der Waals surface area contributed by atoms with Gasteiger partial charge in [-0.3, -0.25) is 4.79 Å². The molecule has 0 aliphatic carbocycles. The van der Waals surface area contributed by atoms with Crippen LogP contribution in [0.25, 0.3) is 0 Å². The molecule has 0 bridgehead atoms. The van der Waals surface area contributed by atoms with Gasteiger partial charge in [0, 0.05) is 15.1 Å². The lowest BCUT2D eigenvalue weighted by atomic mass is 10.1. The van der Waals surface area contributed by atoms with Crippen molar-refractivity contribution in [1.82, 2.24) is 5.32 Å². The maximum Gasteiger partial charge on any atom is 0.326 e. The van der Waals surface area contributed by atoms with Crippen molar-refractivity contribution < 1.29 is 9.53 Å². The first-order valence-corrected chi connectivity index (χ1v) is 7.51. The molecule has 0 radical (unpaired) electrons. The molecule has 0 aliphatic heterocycles. The fourth-order valence-corrected chi connectivity index (χ4v) is 2.82. The molecule has 0 saturated carbocycles. The Bertz CT molecular complexity index is 396. The fourth-order valence-electron chi connectivity index (χ4n) is 1.56. The van der Waals surface area contributed by atoms with E-state index >= 15 is 0 Å². The minimum absolute atomic E-state index is 0.228. The lowest BCUT2D eigenvalue weighted by Gasteiger charge is -2.27. The summed E-state index contributed by atoms with van der Waals surface area (Å²) in [6, 6.07) is 8.03. The van der Waals surface area contributed by atoms with E-state index in [1.807, 2.05) is 38.1 Å². The Balaban J connectivity index is 2.67. The van der Waals surface area contributed by atoms with Gasteiger partial charge >= 0.3 is 5.97 Å². The Labute approximate surface area is 121 Å². The average molecular weight is 332 g/mol. The summed E-state index contributed by atoms with van der Waals surface area (Å²) in [7, 11) is 1.42. The third-order valence-electron chi connectivity index (χ3n) is 2.54. The van der Waals surface area contributed by atoms with Gasteiger partial charge in [-0.05, 0) is 37.7 Å². The number of thioether (sulfide) groups is 1. The van der Waals surface area contributed by atoms with Crippen LogP contribution >= 0.6 is 27.7 Å². The van der Waals surface area contributed by atoms with Crippen LogP contribution in [0, 0.1) is 0 Å². The Kier molecular flexibility index (Phi) is 6.18. The number of carbonyl (C=O) groups is 1. The van der Waals surface area contributed by atoms with Gasteiger partial charge < -0.3 is 10.1 Å². The topological polar surface area (TPSA) is 38.3 Å². The number of esters is 1. The predicted octanol–water partition coefficient (Wildman–Crippen LogP) is 3.08. The number of carbonyl (C=O) groups excluding carboxylic acids is 1. The maximum absolute atomic E-state index is 11.8. The number of benzene rings is 1. The number of hydrogen-bond acceptors (Lipinski definition) is 4. The maximum atomic E-state index is 11.8. The molecule has 0 spiro atoms. The Morgan fingerprint density at radius 1 is 1.44 bits per heavy atom. The van der Waals surface area contributed by atoms with Crippen LogP contribution in [-0.2, 0) is 9.53 Å². The zero-order valence-electron chi connectivity index (χ0n) is 10.8. The normalized spacial score (nSPS) is 14.0. The van der Waals surface area contributed by atoms with Crippen molar-refractivity contribution in [3.05, 3.63) is 28.7 Å². The van der Waals surface area contributed by atoms with Crippen LogP contribution in [-0.4, -0.2) is 30.9 Å². The molecule has 1 unspecified atom stereocenters. The Morgan fingerprint density at radius 2 is 2.06 bits per heavy atom. The van der Waals surface area contributed by atoms with Crippen LogP contribution in [0.5, 0.6) is 0 Å². The third-order valence-corrected chi connectivity index (χ3v) is 4.40. The zero-order chi connectivity index (χ0) is 13.6. The van der Waals surface area contributed by atoms with Gasteiger partial charge in [0.15, 0.2) is 0 Å². The SMILES string of the molecule is CCNC(C)(CSc1ccc(Br)cc1)C(=O)OC. The third kappa shape index (κ3) is 4.30. The molecule has 1 atom stereocenters. The van der Waals surface area contributed by atoms with Crippen LogP contribution in [0.1, 0.15) is 13.8 Å². The number of ether oxygens (including phenoxy) is 1. The van der Waals surface area contributed by atoms with Gasteiger partial charge in [-0.1, -0.05) is 22.9 Å². The number of nitrogens with one attached hydrogen (secondary N) is 1. The summed E-state index contributed by atoms with van der Waals surface area (Å²) in [5, 5.41) is 3.19. The minimum Gasteiger partial charge on any atom is -0.468 e. The second-order valence-electron chi connectivity index (χ2n) is 4.10. The molecule has 1 N–H and O–H groups in total. The van der Waals surface area contributed by atoms with Crippen LogP contribution < -0.4 is 5.32 Å². The number of methoxy groups -OCH3 is 1. The first kappa shape index (κ1) is 15.5. The standard InChI is InChI=1S/C13H18BrNO2S/c1-4-15-13(2,12(16)17-3)9-18-11-7-5-10(14)6-8-11/h5-8,15H,4,9H2,1-3H3. The van der Waals surface area contributed by atoms with Gasteiger partial charge in [-0.2, -0.15) is 0 Å². The minimum atomic E-state index is -0.652. The summed E-state index contributed by atoms with van der Waals surface area (Å²) in [4.78, 5) is 12.9. The Morgan fingerprint density at radius 3 is 2.56 bits per heavy atom. The molecule has 0 aromatic heterocycles. The largest absolute Gasteiger partial charge is 0.468 e. The molecule has 18 heavy (non-hydrogen) atoms. The van der Waals surface area contributed by atoms with Crippen LogP contribution in [0.2, 0.25) is 0 Å². The van der Waals surface area contributed by atoms with E-state index < -0.39 is 5.54 Å². The molecule has 0 amide bonds. The van der Waals surface area contributed by atoms with Crippen LogP contribution in [0.4, 0.5) is 0 Å². The molecule has 100 valence electrons. The van der Waals surface area contributed by atoms with Crippen molar-refractivity contribution in [1.29, 1.82) is 0 Å². The highest BCUT2D eigenvalue weighted by molar-refractivity contribution is 9.10. The van der Waals surface area contributed by atoms with E-state index in [2.05, 4.69) is 21.2 Å². The molecular formula is C13H18BrNO2S. The highest BCUT2D eigenvalue weighted by atomic mass is 79.9. The van der Waals surface area contributed by atoms with Crippen molar-refractivity contribution in [2.45, 2.75) is 24.3 Å². The molecule has 0 saturated heterocycles. The summed E-state index contributed by atoms with van der Waals surface area (Å²) >= 11 is 5.04. The van der Waals surface area contributed by atoms with E-state index in [0.717, 1.165) is 15.9 Å². The number of hydrogen-bond donors (Lipinski definition) is 1. The summed E-state index contributed by atoms with van der Waals surface area (Å²) in [5.74, 6) is 0.406. The average Bonchev–Trinajstić information content (AvgIpc) is 2.37. The molecule has 3 nitrogen and oxygen atoms in total. The lowest BCUT2D eigenvalue weighted by Crippen LogP contribution is -2.52. The highest BCUT2D eigenvalue weighted by Crippen LogP contribution is 2.25. The molecule has 1 aromatic carbocycles. The van der Waals surface area contributed by atoms with Crippen LogP contribution in [0.15, 0.2) is 33.6 Å². The number of likely N-dealkylation sites (N-methyl/N-ethyl adjacent to an activating group) is 1. The molecule has 1 rings (SSSR count). The van der Waals surface area contributed by atoms with Gasteiger partial charge in [0.1, 0.15) is 5.54 Å².